The summed E-state index contributed by atoms with van der Waals surface area (Å²) in [6.07, 6.45) is 3.30. The normalized spacial score (nSPS) is 10.8. The Morgan fingerprint density at radius 2 is 2.04 bits per heavy atom. The van der Waals surface area contributed by atoms with Crippen LogP contribution in [0, 0.1) is 0 Å². The zero-order chi connectivity index (χ0) is 16.1. The van der Waals surface area contributed by atoms with Gasteiger partial charge >= 0.3 is 0 Å². The molecule has 0 spiro atoms. The molecule has 0 saturated heterocycles. The van der Waals surface area contributed by atoms with E-state index in [0.717, 1.165) is 21.9 Å². The van der Waals surface area contributed by atoms with Crippen LogP contribution in [-0.2, 0) is 4.79 Å². The minimum absolute atomic E-state index is 0.186. The van der Waals surface area contributed by atoms with Gasteiger partial charge in [-0.2, -0.15) is 0 Å². The number of aromatic nitrogens is 1. The quantitative estimate of drug-likeness (QED) is 0.693. The van der Waals surface area contributed by atoms with Crippen molar-refractivity contribution in [2.45, 2.75) is 0 Å². The average molecular weight is 342 g/mol. The van der Waals surface area contributed by atoms with E-state index in [4.69, 9.17) is 4.74 Å². The number of hydrogen-bond acceptors (Lipinski definition) is 5. The van der Waals surface area contributed by atoms with E-state index in [0.29, 0.717) is 5.13 Å². The van der Waals surface area contributed by atoms with E-state index in [1.54, 1.807) is 24.5 Å². The van der Waals surface area contributed by atoms with Crippen LogP contribution in [0.3, 0.4) is 0 Å². The number of ether oxygens (including phenoxy) is 1. The average Bonchev–Trinajstić information content (AvgIpc) is 3.25. The third-order valence-electron chi connectivity index (χ3n) is 3.06. The van der Waals surface area contributed by atoms with Crippen molar-refractivity contribution in [3.63, 3.8) is 0 Å². The number of methoxy groups -OCH3 is 1. The first kappa shape index (κ1) is 15.5. The van der Waals surface area contributed by atoms with E-state index in [1.807, 2.05) is 47.2 Å². The summed E-state index contributed by atoms with van der Waals surface area (Å²) in [5, 5.41) is 7.25. The van der Waals surface area contributed by atoms with Crippen LogP contribution in [0.25, 0.3) is 17.3 Å². The highest BCUT2D eigenvalue weighted by Gasteiger charge is 2.06. The number of nitrogens with zero attached hydrogens (tertiary/aromatic N) is 1. The molecule has 116 valence electrons. The maximum absolute atomic E-state index is 11.9. The minimum atomic E-state index is -0.186. The Hall–Kier alpha value is -2.44. The standard InChI is InChI=1S/C17H14N2O2S2/c1-21-13-6-4-12(5-7-13)15-11-23-17(18-15)19-16(20)9-8-14-3-2-10-22-14/h2-11H,1H3,(H,18,19,20)/b9-8-. The first-order valence-corrected chi connectivity index (χ1v) is 8.63. The molecule has 0 atom stereocenters. The molecule has 4 nitrogen and oxygen atoms in total. The summed E-state index contributed by atoms with van der Waals surface area (Å²) in [6, 6.07) is 11.6. The molecule has 23 heavy (non-hydrogen) atoms. The Morgan fingerprint density at radius 1 is 1.22 bits per heavy atom. The molecule has 0 aliphatic carbocycles. The first-order chi connectivity index (χ1) is 11.2. The molecule has 2 heterocycles. The Kier molecular flexibility index (Phi) is 4.85. The molecule has 3 aromatic rings. The second-order valence-electron chi connectivity index (χ2n) is 4.60. The number of amides is 1. The van der Waals surface area contributed by atoms with Crippen molar-refractivity contribution in [3.05, 3.63) is 58.1 Å². The Labute approximate surface area is 142 Å². The lowest BCUT2D eigenvalue weighted by atomic mass is 10.2. The fourth-order valence-electron chi connectivity index (χ4n) is 1.92. The number of nitrogens with one attached hydrogen (secondary N) is 1. The fraction of sp³-hybridized carbons (Fsp3) is 0.0588. The van der Waals surface area contributed by atoms with Crippen molar-refractivity contribution in [2.24, 2.45) is 0 Å². The highest BCUT2D eigenvalue weighted by atomic mass is 32.1. The van der Waals surface area contributed by atoms with E-state index >= 15 is 0 Å². The molecule has 1 aromatic carbocycles. The lowest BCUT2D eigenvalue weighted by Gasteiger charge is -2.00. The van der Waals surface area contributed by atoms with Gasteiger partial charge < -0.3 is 4.74 Å². The minimum Gasteiger partial charge on any atom is -0.497 e. The monoisotopic (exact) mass is 342 g/mol. The zero-order valence-electron chi connectivity index (χ0n) is 12.4. The number of carbonyl (C=O) groups excluding carboxylic acids is 1. The predicted octanol–water partition coefficient (Wildman–Crippen LogP) is 4.53. The number of hydrogen-bond donors (Lipinski definition) is 1. The van der Waals surface area contributed by atoms with Crippen LogP contribution in [0.2, 0.25) is 0 Å². The van der Waals surface area contributed by atoms with Gasteiger partial charge in [-0.25, -0.2) is 4.98 Å². The summed E-state index contributed by atoms with van der Waals surface area (Å²) in [5.74, 6) is 0.616. The molecule has 6 heteroatoms. The van der Waals surface area contributed by atoms with E-state index in [2.05, 4.69) is 10.3 Å². The molecule has 3 rings (SSSR count). The van der Waals surface area contributed by atoms with E-state index in [1.165, 1.54) is 17.4 Å². The maximum Gasteiger partial charge on any atom is 0.250 e. The van der Waals surface area contributed by atoms with Crippen LogP contribution < -0.4 is 10.1 Å². The maximum atomic E-state index is 11.9. The van der Waals surface area contributed by atoms with Gasteiger partial charge in [-0.3, -0.25) is 10.1 Å². The summed E-state index contributed by atoms with van der Waals surface area (Å²) < 4.78 is 5.14. The molecular weight excluding hydrogens is 328 g/mol. The summed E-state index contributed by atoms with van der Waals surface area (Å²) in [5.41, 5.74) is 1.81. The zero-order valence-corrected chi connectivity index (χ0v) is 14.0. The number of carbonyl (C=O) groups is 1. The second-order valence-corrected chi connectivity index (χ2v) is 6.44. The number of benzene rings is 1. The summed E-state index contributed by atoms with van der Waals surface area (Å²) >= 11 is 2.99. The molecule has 1 amide bonds. The molecule has 0 bridgehead atoms. The van der Waals surface area contributed by atoms with Crippen LogP contribution in [0.15, 0.2) is 53.2 Å². The third-order valence-corrected chi connectivity index (χ3v) is 4.66. The molecule has 0 aliphatic rings. The van der Waals surface area contributed by atoms with Gasteiger partial charge in [-0.1, -0.05) is 6.07 Å². The van der Waals surface area contributed by atoms with Crippen molar-refractivity contribution < 1.29 is 9.53 Å². The molecule has 0 saturated carbocycles. The van der Waals surface area contributed by atoms with Crippen molar-refractivity contribution in [2.75, 3.05) is 12.4 Å². The number of rotatable bonds is 5. The van der Waals surface area contributed by atoms with Crippen LogP contribution >= 0.6 is 22.7 Å². The van der Waals surface area contributed by atoms with Crippen LogP contribution in [0.1, 0.15) is 4.88 Å². The van der Waals surface area contributed by atoms with E-state index < -0.39 is 0 Å². The topological polar surface area (TPSA) is 51.2 Å². The smallest absolute Gasteiger partial charge is 0.250 e. The van der Waals surface area contributed by atoms with Crippen LogP contribution in [-0.4, -0.2) is 18.0 Å². The van der Waals surface area contributed by atoms with Gasteiger partial charge in [0, 0.05) is 21.9 Å². The molecule has 0 unspecified atom stereocenters. The van der Waals surface area contributed by atoms with Crippen molar-refractivity contribution >= 4 is 39.8 Å². The molecule has 0 radical (unpaired) electrons. The number of thiophene rings is 1. The Morgan fingerprint density at radius 3 is 2.74 bits per heavy atom. The van der Waals surface area contributed by atoms with Crippen LogP contribution in [0.5, 0.6) is 5.75 Å². The molecule has 0 aliphatic heterocycles. The van der Waals surface area contributed by atoms with Crippen molar-refractivity contribution in [1.29, 1.82) is 0 Å². The SMILES string of the molecule is COc1ccc(-c2csc(NC(=O)/C=C\c3cccs3)n2)cc1. The highest BCUT2D eigenvalue weighted by Crippen LogP contribution is 2.26. The highest BCUT2D eigenvalue weighted by molar-refractivity contribution is 7.14. The first-order valence-electron chi connectivity index (χ1n) is 6.87. The lowest BCUT2D eigenvalue weighted by molar-refractivity contribution is -0.111. The Balaban J connectivity index is 1.65. The molecule has 0 fully saturated rings. The third kappa shape index (κ3) is 4.06. The summed E-state index contributed by atoms with van der Waals surface area (Å²) in [6.45, 7) is 0. The van der Waals surface area contributed by atoms with Gasteiger partial charge in [0.1, 0.15) is 5.75 Å². The second kappa shape index (κ2) is 7.21. The van der Waals surface area contributed by atoms with E-state index in [-0.39, 0.29) is 5.91 Å². The van der Waals surface area contributed by atoms with Gasteiger partial charge in [0.15, 0.2) is 5.13 Å². The van der Waals surface area contributed by atoms with Gasteiger partial charge in [0.25, 0.3) is 0 Å². The summed E-state index contributed by atoms with van der Waals surface area (Å²) in [4.78, 5) is 17.4. The number of thiazole rings is 1. The van der Waals surface area contributed by atoms with Gasteiger partial charge in [0.05, 0.1) is 12.8 Å². The lowest BCUT2D eigenvalue weighted by Crippen LogP contribution is -2.07. The Bertz CT molecular complexity index is 806. The largest absolute Gasteiger partial charge is 0.497 e. The van der Waals surface area contributed by atoms with Crippen molar-refractivity contribution in [3.8, 4) is 17.0 Å². The van der Waals surface area contributed by atoms with E-state index in [9.17, 15) is 4.79 Å². The van der Waals surface area contributed by atoms with Gasteiger partial charge in [-0.15, -0.1) is 22.7 Å². The molecule has 2 aromatic heterocycles. The van der Waals surface area contributed by atoms with Gasteiger partial charge in [-0.05, 0) is 41.8 Å². The van der Waals surface area contributed by atoms with Crippen LogP contribution in [0.4, 0.5) is 5.13 Å². The fourth-order valence-corrected chi connectivity index (χ4v) is 3.26. The van der Waals surface area contributed by atoms with Gasteiger partial charge in [0.2, 0.25) is 5.91 Å². The number of anilines is 1. The molecule has 1 N–H and O–H groups in total. The summed E-state index contributed by atoms with van der Waals surface area (Å²) in [7, 11) is 1.63. The van der Waals surface area contributed by atoms with Crippen molar-refractivity contribution in [1.82, 2.24) is 4.98 Å². The predicted molar refractivity (Wildman–Crippen MR) is 96.1 cm³/mol. The molecular formula is C17H14N2O2S2.